The monoisotopic (exact) mass is 286 g/mol. The first-order valence-corrected chi connectivity index (χ1v) is 7.76. The topological polar surface area (TPSA) is 95.2 Å². The lowest BCUT2D eigenvalue weighted by Gasteiger charge is -2.29. The van der Waals surface area contributed by atoms with Crippen LogP contribution in [0.1, 0.15) is 19.8 Å². The first-order chi connectivity index (χ1) is 9.05. The Bertz CT molecular complexity index is 518. The van der Waals surface area contributed by atoms with Gasteiger partial charge in [-0.15, -0.1) is 0 Å². The van der Waals surface area contributed by atoms with Gasteiger partial charge in [-0.2, -0.15) is 4.31 Å². The van der Waals surface area contributed by atoms with Crippen molar-refractivity contribution in [2.45, 2.75) is 24.8 Å². The third-order valence-corrected chi connectivity index (χ3v) is 5.09. The fourth-order valence-corrected chi connectivity index (χ4v) is 3.57. The van der Waals surface area contributed by atoms with Crippen LogP contribution in [0, 0.1) is 5.92 Å². The molecule has 0 bridgehead atoms. The number of carbonyl (C=O) groups is 1. The molecule has 8 heteroatoms. The standard InChI is InChI=1S/C11H18N4O3S/c1-2-13-11(16)9-3-5-15(6-4-9)19(17,18)10-7-12-8-14-10/h7-9H,2-6H2,1H3,(H,12,14)(H,13,16). The van der Waals surface area contributed by atoms with Crippen LogP contribution in [0.25, 0.3) is 0 Å². The van der Waals surface area contributed by atoms with Crippen molar-refractivity contribution in [3.05, 3.63) is 12.5 Å². The van der Waals surface area contributed by atoms with Crippen LogP contribution in [0.4, 0.5) is 0 Å². The van der Waals surface area contributed by atoms with Gasteiger partial charge in [0.1, 0.15) is 0 Å². The molecule has 0 saturated carbocycles. The quantitative estimate of drug-likeness (QED) is 0.811. The van der Waals surface area contributed by atoms with E-state index in [1.54, 1.807) is 0 Å². The largest absolute Gasteiger partial charge is 0.356 e. The predicted molar refractivity (Wildman–Crippen MR) is 68.8 cm³/mol. The van der Waals surface area contributed by atoms with E-state index in [0.717, 1.165) is 0 Å². The molecule has 2 heterocycles. The van der Waals surface area contributed by atoms with Gasteiger partial charge >= 0.3 is 0 Å². The van der Waals surface area contributed by atoms with Crippen LogP contribution in [0.15, 0.2) is 17.6 Å². The molecule has 1 aromatic rings. The highest BCUT2D eigenvalue weighted by atomic mass is 32.2. The normalized spacial score (nSPS) is 18.4. The van der Waals surface area contributed by atoms with Crippen LogP contribution < -0.4 is 5.32 Å². The first kappa shape index (κ1) is 14.0. The highest BCUT2D eigenvalue weighted by molar-refractivity contribution is 7.89. The van der Waals surface area contributed by atoms with E-state index in [9.17, 15) is 13.2 Å². The minimum Gasteiger partial charge on any atom is -0.356 e. The van der Waals surface area contributed by atoms with E-state index < -0.39 is 10.0 Å². The van der Waals surface area contributed by atoms with Crippen molar-refractivity contribution in [3.63, 3.8) is 0 Å². The van der Waals surface area contributed by atoms with Gasteiger partial charge in [0.2, 0.25) is 5.91 Å². The number of piperidine rings is 1. The van der Waals surface area contributed by atoms with Gasteiger partial charge in [0.05, 0.1) is 12.5 Å². The molecule has 1 aliphatic rings. The molecule has 0 aromatic carbocycles. The van der Waals surface area contributed by atoms with E-state index in [2.05, 4.69) is 15.3 Å². The summed E-state index contributed by atoms with van der Waals surface area (Å²) in [5, 5.41) is 2.87. The predicted octanol–water partition coefficient (Wildman–Crippen LogP) is -0.0535. The Balaban J connectivity index is 1.99. The second-order valence-corrected chi connectivity index (χ2v) is 6.40. The number of hydrogen-bond donors (Lipinski definition) is 2. The number of sulfonamides is 1. The maximum absolute atomic E-state index is 12.2. The molecule has 2 N–H and O–H groups in total. The van der Waals surface area contributed by atoms with E-state index >= 15 is 0 Å². The third kappa shape index (κ3) is 2.95. The Morgan fingerprint density at radius 1 is 1.53 bits per heavy atom. The number of rotatable bonds is 4. The second kappa shape index (κ2) is 5.70. The smallest absolute Gasteiger partial charge is 0.260 e. The average molecular weight is 286 g/mol. The molecular formula is C11H18N4O3S. The van der Waals surface area contributed by atoms with E-state index in [1.807, 2.05) is 6.92 Å². The van der Waals surface area contributed by atoms with Crippen molar-refractivity contribution in [1.82, 2.24) is 19.6 Å². The van der Waals surface area contributed by atoms with E-state index in [4.69, 9.17) is 0 Å². The summed E-state index contributed by atoms with van der Waals surface area (Å²) in [6.07, 6.45) is 3.75. The molecule has 7 nitrogen and oxygen atoms in total. The molecule has 1 fully saturated rings. The van der Waals surface area contributed by atoms with Crippen LogP contribution in [0.2, 0.25) is 0 Å². The Hall–Kier alpha value is -1.41. The molecule has 1 aromatic heterocycles. The first-order valence-electron chi connectivity index (χ1n) is 6.32. The highest BCUT2D eigenvalue weighted by Gasteiger charge is 2.32. The fourth-order valence-electron chi connectivity index (χ4n) is 2.20. The molecule has 0 aliphatic carbocycles. The zero-order chi connectivity index (χ0) is 13.9. The molecule has 0 radical (unpaired) electrons. The van der Waals surface area contributed by atoms with Crippen LogP contribution in [-0.2, 0) is 14.8 Å². The third-order valence-electron chi connectivity index (χ3n) is 3.27. The maximum Gasteiger partial charge on any atom is 0.260 e. The lowest BCUT2D eigenvalue weighted by molar-refractivity contribution is -0.126. The molecule has 0 spiro atoms. The Kier molecular flexibility index (Phi) is 4.20. The Morgan fingerprint density at radius 2 is 2.21 bits per heavy atom. The highest BCUT2D eigenvalue weighted by Crippen LogP contribution is 2.22. The number of imidazole rings is 1. The number of nitrogens with one attached hydrogen (secondary N) is 2. The summed E-state index contributed by atoms with van der Waals surface area (Å²) in [5.74, 6) is -0.0748. The zero-order valence-electron chi connectivity index (χ0n) is 10.8. The van der Waals surface area contributed by atoms with Crippen molar-refractivity contribution < 1.29 is 13.2 Å². The molecule has 1 amide bonds. The van der Waals surface area contributed by atoms with E-state index in [-0.39, 0.29) is 16.9 Å². The summed E-state index contributed by atoms with van der Waals surface area (Å²) < 4.78 is 25.8. The van der Waals surface area contributed by atoms with Crippen LogP contribution in [0.5, 0.6) is 0 Å². The summed E-state index contributed by atoms with van der Waals surface area (Å²) in [5.41, 5.74) is 0. The number of aromatic amines is 1. The number of hydrogen-bond acceptors (Lipinski definition) is 4. The minimum absolute atomic E-state index is 0.0149. The molecule has 0 atom stereocenters. The van der Waals surface area contributed by atoms with E-state index in [0.29, 0.717) is 32.5 Å². The van der Waals surface area contributed by atoms with E-state index in [1.165, 1.54) is 16.8 Å². The lowest BCUT2D eigenvalue weighted by Crippen LogP contribution is -2.43. The van der Waals surface area contributed by atoms with Gasteiger partial charge in [-0.05, 0) is 19.8 Å². The maximum atomic E-state index is 12.2. The van der Waals surface area contributed by atoms with Gasteiger partial charge in [0, 0.05) is 25.6 Å². The number of H-pyrrole nitrogens is 1. The van der Waals surface area contributed by atoms with Crippen molar-refractivity contribution in [3.8, 4) is 0 Å². The Labute approximate surface area is 112 Å². The number of carbonyl (C=O) groups excluding carboxylic acids is 1. The Morgan fingerprint density at radius 3 is 2.74 bits per heavy atom. The van der Waals surface area contributed by atoms with Crippen LogP contribution in [-0.4, -0.2) is 48.2 Å². The van der Waals surface area contributed by atoms with Crippen molar-refractivity contribution in [2.75, 3.05) is 19.6 Å². The number of aromatic nitrogens is 2. The van der Waals surface area contributed by atoms with Gasteiger partial charge in [0.15, 0.2) is 5.03 Å². The molecule has 1 aliphatic heterocycles. The van der Waals surface area contributed by atoms with Crippen LogP contribution >= 0.6 is 0 Å². The fraction of sp³-hybridized carbons (Fsp3) is 0.636. The molecule has 19 heavy (non-hydrogen) atoms. The minimum atomic E-state index is -3.50. The summed E-state index contributed by atoms with van der Waals surface area (Å²) in [7, 11) is -3.50. The number of amides is 1. The molecular weight excluding hydrogens is 268 g/mol. The van der Waals surface area contributed by atoms with Gasteiger partial charge in [-0.1, -0.05) is 0 Å². The van der Waals surface area contributed by atoms with Gasteiger partial charge in [-0.3, -0.25) is 4.79 Å². The van der Waals surface area contributed by atoms with Crippen molar-refractivity contribution in [2.24, 2.45) is 5.92 Å². The van der Waals surface area contributed by atoms with Gasteiger partial charge in [-0.25, -0.2) is 13.4 Å². The van der Waals surface area contributed by atoms with Crippen molar-refractivity contribution in [1.29, 1.82) is 0 Å². The molecule has 0 unspecified atom stereocenters. The lowest BCUT2D eigenvalue weighted by atomic mass is 9.97. The summed E-state index contributed by atoms with van der Waals surface area (Å²) >= 11 is 0. The average Bonchev–Trinajstić information content (AvgIpc) is 2.94. The second-order valence-electron chi connectivity index (χ2n) is 4.49. The van der Waals surface area contributed by atoms with Gasteiger partial charge < -0.3 is 10.3 Å². The summed E-state index contributed by atoms with van der Waals surface area (Å²) in [6.45, 7) is 3.20. The molecule has 1 saturated heterocycles. The van der Waals surface area contributed by atoms with Crippen LogP contribution in [0.3, 0.4) is 0 Å². The molecule has 2 rings (SSSR count). The number of nitrogens with zero attached hydrogens (tertiary/aromatic N) is 2. The molecule has 106 valence electrons. The summed E-state index contributed by atoms with van der Waals surface area (Å²) in [4.78, 5) is 18.0. The SMILES string of the molecule is CCNC(=O)C1CCN(S(=O)(=O)c2cnc[nH]2)CC1. The zero-order valence-corrected chi connectivity index (χ0v) is 11.6. The van der Waals surface area contributed by atoms with Gasteiger partial charge in [0.25, 0.3) is 10.0 Å². The summed E-state index contributed by atoms with van der Waals surface area (Å²) in [6, 6.07) is 0. The van der Waals surface area contributed by atoms with Crippen molar-refractivity contribution >= 4 is 15.9 Å².